The van der Waals surface area contributed by atoms with Crippen LogP contribution in [-0.4, -0.2) is 12.0 Å². The highest BCUT2D eigenvalue weighted by molar-refractivity contribution is 6.36. The lowest BCUT2D eigenvalue weighted by molar-refractivity contribution is 1.13. The highest BCUT2D eigenvalue weighted by Crippen LogP contribution is 2.30. The first kappa shape index (κ1) is 12.7. The van der Waals surface area contributed by atoms with Crippen LogP contribution >= 0.6 is 23.2 Å². The zero-order chi connectivity index (χ0) is 13.1. The van der Waals surface area contributed by atoms with Crippen molar-refractivity contribution in [2.45, 2.75) is 0 Å². The fourth-order valence-electron chi connectivity index (χ4n) is 1.54. The SMILES string of the molecule is CN(c1ccc(C#N)cc1)c1ncc(Cl)cc1Cl. The molecular formula is C13H9Cl2N3. The summed E-state index contributed by atoms with van der Waals surface area (Å²) in [5, 5.41) is 9.73. The fourth-order valence-corrected chi connectivity index (χ4v) is 2.04. The number of hydrogen-bond donors (Lipinski definition) is 0. The van der Waals surface area contributed by atoms with Crippen LogP contribution in [0.15, 0.2) is 36.5 Å². The Balaban J connectivity index is 2.35. The largest absolute Gasteiger partial charge is 0.328 e. The molecule has 0 fully saturated rings. The van der Waals surface area contributed by atoms with E-state index >= 15 is 0 Å². The third kappa shape index (κ3) is 2.56. The molecule has 18 heavy (non-hydrogen) atoms. The molecule has 2 aromatic rings. The van der Waals surface area contributed by atoms with Gasteiger partial charge in [-0.3, -0.25) is 0 Å². The van der Waals surface area contributed by atoms with Gasteiger partial charge in [-0.25, -0.2) is 4.98 Å². The highest BCUT2D eigenvalue weighted by atomic mass is 35.5. The van der Waals surface area contributed by atoms with E-state index in [0.29, 0.717) is 21.4 Å². The molecule has 1 heterocycles. The van der Waals surface area contributed by atoms with Crippen molar-refractivity contribution in [1.29, 1.82) is 5.26 Å². The van der Waals surface area contributed by atoms with Gasteiger partial charge in [0.1, 0.15) is 0 Å². The first-order valence-electron chi connectivity index (χ1n) is 5.17. The minimum absolute atomic E-state index is 0.481. The molecule has 2 rings (SSSR count). The maximum Gasteiger partial charge on any atom is 0.151 e. The lowest BCUT2D eigenvalue weighted by atomic mass is 10.2. The maximum atomic E-state index is 8.75. The quantitative estimate of drug-likeness (QED) is 0.832. The van der Waals surface area contributed by atoms with E-state index in [1.165, 1.54) is 0 Å². The van der Waals surface area contributed by atoms with E-state index < -0.39 is 0 Å². The summed E-state index contributed by atoms with van der Waals surface area (Å²) >= 11 is 11.9. The van der Waals surface area contributed by atoms with Gasteiger partial charge in [0.05, 0.1) is 21.7 Å². The van der Waals surface area contributed by atoms with Crippen LogP contribution in [0.5, 0.6) is 0 Å². The topological polar surface area (TPSA) is 39.9 Å². The summed E-state index contributed by atoms with van der Waals surface area (Å²) in [5.74, 6) is 0.616. The number of nitriles is 1. The van der Waals surface area contributed by atoms with Crippen molar-refractivity contribution in [3.8, 4) is 6.07 Å². The molecule has 1 aromatic heterocycles. The molecule has 0 aliphatic rings. The number of halogens is 2. The van der Waals surface area contributed by atoms with E-state index in [4.69, 9.17) is 28.5 Å². The lowest BCUT2D eigenvalue weighted by Crippen LogP contribution is -2.11. The zero-order valence-corrected chi connectivity index (χ0v) is 11.1. The van der Waals surface area contributed by atoms with Gasteiger partial charge in [0, 0.05) is 18.9 Å². The van der Waals surface area contributed by atoms with Crippen LogP contribution in [0.2, 0.25) is 10.0 Å². The summed E-state index contributed by atoms with van der Waals surface area (Å²) in [6.07, 6.45) is 1.54. The van der Waals surface area contributed by atoms with Crippen molar-refractivity contribution in [3.05, 3.63) is 52.1 Å². The van der Waals surface area contributed by atoms with Crippen LogP contribution < -0.4 is 4.90 Å². The summed E-state index contributed by atoms with van der Waals surface area (Å²) < 4.78 is 0. The molecule has 3 nitrogen and oxygen atoms in total. The Kier molecular flexibility index (Phi) is 3.71. The van der Waals surface area contributed by atoms with Crippen LogP contribution in [-0.2, 0) is 0 Å². The molecule has 0 saturated heterocycles. The van der Waals surface area contributed by atoms with Gasteiger partial charge < -0.3 is 4.90 Å². The average Bonchev–Trinajstić information content (AvgIpc) is 2.38. The number of pyridine rings is 1. The molecule has 0 atom stereocenters. The van der Waals surface area contributed by atoms with E-state index in [1.807, 2.05) is 24.1 Å². The third-order valence-electron chi connectivity index (χ3n) is 2.49. The number of nitrogens with zero attached hydrogens (tertiary/aromatic N) is 3. The second kappa shape index (κ2) is 5.26. The Labute approximate surface area is 115 Å². The number of benzene rings is 1. The summed E-state index contributed by atoms with van der Waals surface area (Å²) in [6, 6.07) is 10.9. The molecule has 0 bridgehead atoms. The second-order valence-corrected chi connectivity index (χ2v) is 4.52. The van der Waals surface area contributed by atoms with Crippen LogP contribution in [0.1, 0.15) is 5.56 Å². The van der Waals surface area contributed by atoms with E-state index in [1.54, 1.807) is 24.4 Å². The van der Waals surface area contributed by atoms with Crippen molar-refractivity contribution in [3.63, 3.8) is 0 Å². The molecule has 0 saturated carbocycles. The summed E-state index contributed by atoms with van der Waals surface area (Å²) in [5.41, 5.74) is 1.51. The van der Waals surface area contributed by atoms with Crippen LogP contribution in [0, 0.1) is 11.3 Å². The van der Waals surface area contributed by atoms with Crippen LogP contribution in [0.25, 0.3) is 0 Å². The predicted octanol–water partition coefficient (Wildman–Crippen LogP) is 4.03. The van der Waals surface area contributed by atoms with Crippen molar-refractivity contribution >= 4 is 34.7 Å². The van der Waals surface area contributed by atoms with Gasteiger partial charge in [0.2, 0.25) is 0 Å². The Morgan fingerprint density at radius 3 is 2.44 bits per heavy atom. The van der Waals surface area contributed by atoms with Crippen molar-refractivity contribution < 1.29 is 0 Å². The molecule has 1 aromatic carbocycles. The Hall–Kier alpha value is -1.76. The minimum Gasteiger partial charge on any atom is -0.328 e. The number of anilines is 2. The van der Waals surface area contributed by atoms with Crippen molar-refractivity contribution in [2.24, 2.45) is 0 Å². The zero-order valence-electron chi connectivity index (χ0n) is 9.56. The summed E-state index contributed by atoms with van der Waals surface area (Å²) in [7, 11) is 1.85. The van der Waals surface area contributed by atoms with E-state index in [9.17, 15) is 0 Å². The third-order valence-corrected chi connectivity index (χ3v) is 2.97. The van der Waals surface area contributed by atoms with Gasteiger partial charge in [-0.1, -0.05) is 23.2 Å². The maximum absolute atomic E-state index is 8.75. The van der Waals surface area contributed by atoms with Gasteiger partial charge in [-0.15, -0.1) is 0 Å². The van der Waals surface area contributed by atoms with Crippen LogP contribution in [0.3, 0.4) is 0 Å². The Bertz CT molecular complexity index is 603. The molecule has 5 heteroatoms. The van der Waals surface area contributed by atoms with Gasteiger partial charge in [-0.2, -0.15) is 5.26 Å². The van der Waals surface area contributed by atoms with Crippen molar-refractivity contribution in [1.82, 2.24) is 4.98 Å². The van der Waals surface area contributed by atoms with E-state index in [2.05, 4.69) is 11.1 Å². The predicted molar refractivity (Wildman–Crippen MR) is 73.5 cm³/mol. The Morgan fingerprint density at radius 2 is 1.89 bits per heavy atom. The van der Waals surface area contributed by atoms with Gasteiger partial charge >= 0.3 is 0 Å². The Morgan fingerprint density at radius 1 is 1.22 bits per heavy atom. The number of aromatic nitrogens is 1. The molecule has 0 aliphatic carbocycles. The normalized spacial score (nSPS) is 9.89. The summed E-state index contributed by atoms with van der Waals surface area (Å²) in [6.45, 7) is 0. The van der Waals surface area contributed by atoms with Crippen LogP contribution in [0.4, 0.5) is 11.5 Å². The fraction of sp³-hybridized carbons (Fsp3) is 0.0769. The van der Waals surface area contributed by atoms with Gasteiger partial charge in [0.25, 0.3) is 0 Å². The smallest absolute Gasteiger partial charge is 0.151 e. The minimum atomic E-state index is 0.481. The number of hydrogen-bond acceptors (Lipinski definition) is 3. The first-order chi connectivity index (χ1) is 8.61. The summed E-state index contributed by atoms with van der Waals surface area (Å²) in [4.78, 5) is 6.03. The second-order valence-electron chi connectivity index (χ2n) is 3.68. The van der Waals surface area contributed by atoms with Gasteiger partial charge in [-0.05, 0) is 30.3 Å². The molecule has 0 spiro atoms. The average molecular weight is 278 g/mol. The molecule has 90 valence electrons. The standard InChI is InChI=1S/C13H9Cl2N3/c1-18(11-4-2-9(7-16)3-5-11)13-12(15)6-10(14)8-17-13/h2-6,8H,1H3. The first-order valence-corrected chi connectivity index (χ1v) is 5.92. The lowest BCUT2D eigenvalue weighted by Gasteiger charge is -2.19. The monoisotopic (exact) mass is 277 g/mol. The van der Waals surface area contributed by atoms with Gasteiger partial charge in [0.15, 0.2) is 5.82 Å². The number of rotatable bonds is 2. The van der Waals surface area contributed by atoms with E-state index in [-0.39, 0.29) is 0 Å². The van der Waals surface area contributed by atoms with E-state index in [0.717, 1.165) is 5.69 Å². The van der Waals surface area contributed by atoms with Crippen molar-refractivity contribution in [2.75, 3.05) is 11.9 Å². The molecule has 0 amide bonds. The molecule has 0 N–H and O–H groups in total. The highest BCUT2D eigenvalue weighted by Gasteiger charge is 2.10. The molecule has 0 unspecified atom stereocenters. The molecular weight excluding hydrogens is 269 g/mol. The molecule has 0 aliphatic heterocycles. The molecule has 0 radical (unpaired) electrons.